The van der Waals surface area contributed by atoms with Crippen molar-refractivity contribution in [2.24, 2.45) is 5.92 Å². The first kappa shape index (κ1) is 12.1. The third-order valence-electron chi connectivity index (χ3n) is 4.31. The molecule has 1 aliphatic heterocycles. The zero-order valence-electron chi connectivity index (χ0n) is 10.2. The summed E-state index contributed by atoms with van der Waals surface area (Å²) in [5.74, 6) is 0.723. The second-order valence-electron chi connectivity index (χ2n) is 5.42. The van der Waals surface area contributed by atoms with Crippen LogP contribution in [0.15, 0.2) is 0 Å². The van der Waals surface area contributed by atoms with Crippen LogP contribution in [0.25, 0.3) is 0 Å². The molecule has 2 aliphatic rings. The molecule has 0 amide bonds. The smallest absolute Gasteiger partial charge is 0.146 e. The number of aliphatic hydroxyl groups is 1. The van der Waals surface area contributed by atoms with E-state index in [4.69, 9.17) is 0 Å². The Bertz CT molecular complexity index is 267. The van der Waals surface area contributed by atoms with Crippen molar-refractivity contribution in [1.82, 2.24) is 4.90 Å². The third kappa shape index (κ3) is 2.46. The van der Waals surface area contributed by atoms with Crippen LogP contribution in [0.3, 0.4) is 0 Å². The van der Waals surface area contributed by atoms with E-state index in [1.165, 1.54) is 12.8 Å². The van der Waals surface area contributed by atoms with E-state index < -0.39 is 5.60 Å². The summed E-state index contributed by atoms with van der Waals surface area (Å²) in [6, 6.07) is 0. The molecular weight excluding hydrogens is 202 g/mol. The number of hydrogen-bond acceptors (Lipinski definition) is 3. The lowest BCUT2D eigenvalue weighted by atomic mass is 9.71. The second-order valence-corrected chi connectivity index (χ2v) is 5.42. The molecule has 2 rings (SSSR count). The number of rotatable bonds is 3. The van der Waals surface area contributed by atoms with Crippen molar-refractivity contribution in [1.29, 1.82) is 0 Å². The van der Waals surface area contributed by atoms with Gasteiger partial charge >= 0.3 is 0 Å². The molecule has 0 bridgehead atoms. The Kier molecular flexibility index (Phi) is 3.65. The van der Waals surface area contributed by atoms with Crippen molar-refractivity contribution < 1.29 is 9.90 Å². The van der Waals surface area contributed by atoms with E-state index in [9.17, 15) is 9.90 Å². The van der Waals surface area contributed by atoms with Gasteiger partial charge in [0, 0.05) is 25.4 Å². The van der Waals surface area contributed by atoms with Crippen molar-refractivity contribution in [3.8, 4) is 0 Å². The highest BCUT2D eigenvalue weighted by Gasteiger charge is 2.42. The van der Waals surface area contributed by atoms with Crippen molar-refractivity contribution in [3.63, 3.8) is 0 Å². The molecule has 2 unspecified atom stereocenters. The molecule has 0 aromatic carbocycles. The van der Waals surface area contributed by atoms with Crippen LogP contribution in [0.2, 0.25) is 0 Å². The van der Waals surface area contributed by atoms with Crippen LogP contribution in [-0.2, 0) is 4.79 Å². The average Bonchev–Trinajstić information content (AvgIpc) is 2.29. The van der Waals surface area contributed by atoms with Crippen LogP contribution >= 0.6 is 0 Å². The molecule has 2 atom stereocenters. The third-order valence-corrected chi connectivity index (χ3v) is 4.31. The summed E-state index contributed by atoms with van der Waals surface area (Å²) in [7, 11) is 0. The molecule has 1 saturated heterocycles. The Hall–Kier alpha value is -0.410. The quantitative estimate of drug-likeness (QED) is 0.793. The van der Waals surface area contributed by atoms with Crippen molar-refractivity contribution in [3.05, 3.63) is 0 Å². The number of ketones is 1. The van der Waals surface area contributed by atoms with Crippen molar-refractivity contribution in [2.75, 3.05) is 19.6 Å². The van der Waals surface area contributed by atoms with Crippen LogP contribution < -0.4 is 0 Å². The zero-order valence-corrected chi connectivity index (χ0v) is 10.2. The normalized spacial score (nSPS) is 35.8. The number of Topliss-reactive ketones (excluding diaryl/α,β-unsaturated/α-hetero) is 1. The van der Waals surface area contributed by atoms with Gasteiger partial charge in [-0.3, -0.25) is 9.69 Å². The molecule has 0 spiro atoms. The lowest BCUT2D eigenvalue weighted by Crippen LogP contribution is -2.54. The first-order valence-corrected chi connectivity index (χ1v) is 6.60. The van der Waals surface area contributed by atoms with Gasteiger partial charge in [0.2, 0.25) is 0 Å². The molecule has 2 fully saturated rings. The monoisotopic (exact) mass is 225 g/mol. The minimum Gasteiger partial charge on any atom is -0.390 e. The number of carbonyl (C=O) groups is 1. The van der Waals surface area contributed by atoms with Gasteiger partial charge in [-0.25, -0.2) is 0 Å². The Labute approximate surface area is 97.8 Å². The summed E-state index contributed by atoms with van der Waals surface area (Å²) in [4.78, 5) is 13.6. The van der Waals surface area contributed by atoms with E-state index in [2.05, 4.69) is 4.90 Å². The topological polar surface area (TPSA) is 40.5 Å². The van der Waals surface area contributed by atoms with E-state index >= 15 is 0 Å². The van der Waals surface area contributed by atoms with E-state index in [0.717, 1.165) is 32.4 Å². The Morgan fingerprint density at radius 2 is 2.25 bits per heavy atom. The van der Waals surface area contributed by atoms with Crippen LogP contribution in [0, 0.1) is 5.92 Å². The maximum atomic E-state index is 11.4. The lowest BCUT2D eigenvalue weighted by Gasteiger charge is -2.47. The molecule has 1 N–H and O–H groups in total. The van der Waals surface area contributed by atoms with Gasteiger partial charge in [0.15, 0.2) is 0 Å². The SMILES string of the molecule is CCC(=O)CN1CCC2(O)CCCCC2C1. The number of likely N-dealkylation sites (tertiary alicyclic amines) is 1. The minimum atomic E-state index is -0.413. The minimum absolute atomic E-state index is 0.321. The molecular formula is C13H23NO2. The number of hydrogen-bond donors (Lipinski definition) is 1. The number of piperidine rings is 1. The van der Waals surface area contributed by atoms with Gasteiger partial charge in [0.1, 0.15) is 5.78 Å². The summed E-state index contributed by atoms with van der Waals surface area (Å²) >= 11 is 0. The van der Waals surface area contributed by atoms with E-state index in [0.29, 0.717) is 24.7 Å². The molecule has 16 heavy (non-hydrogen) atoms. The van der Waals surface area contributed by atoms with Crippen LogP contribution in [0.1, 0.15) is 45.4 Å². The van der Waals surface area contributed by atoms with Crippen molar-refractivity contribution in [2.45, 2.75) is 51.0 Å². The van der Waals surface area contributed by atoms with Crippen LogP contribution in [-0.4, -0.2) is 41.0 Å². The number of fused-ring (bicyclic) bond motifs is 1. The highest BCUT2D eigenvalue weighted by molar-refractivity contribution is 5.80. The first-order valence-electron chi connectivity index (χ1n) is 6.60. The van der Waals surface area contributed by atoms with Crippen LogP contribution in [0.4, 0.5) is 0 Å². The fourth-order valence-electron chi connectivity index (χ4n) is 3.14. The molecule has 1 aliphatic carbocycles. The molecule has 1 saturated carbocycles. The molecule has 3 heteroatoms. The van der Waals surface area contributed by atoms with E-state index in [1.807, 2.05) is 6.92 Å². The van der Waals surface area contributed by atoms with E-state index in [1.54, 1.807) is 0 Å². The summed E-state index contributed by atoms with van der Waals surface area (Å²) in [5, 5.41) is 10.5. The number of carbonyl (C=O) groups excluding carboxylic acids is 1. The van der Waals surface area contributed by atoms with Gasteiger partial charge in [-0.2, -0.15) is 0 Å². The first-order chi connectivity index (χ1) is 7.64. The Morgan fingerprint density at radius 3 is 3.00 bits per heavy atom. The van der Waals surface area contributed by atoms with Gasteiger partial charge in [0.05, 0.1) is 12.1 Å². The molecule has 0 aromatic heterocycles. The standard InChI is InChI=1S/C13H23NO2/c1-2-12(15)10-14-8-7-13(16)6-4-3-5-11(13)9-14/h11,16H,2-10H2,1H3. The second kappa shape index (κ2) is 4.84. The maximum Gasteiger partial charge on any atom is 0.146 e. The maximum absolute atomic E-state index is 11.4. The van der Waals surface area contributed by atoms with Crippen LogP contribution in [0.5, 0.6) is 0 Å². The van der Waals surface area contributed by atoms with E-state index in [-0.39, 0.29) is 0 Å². The molecule has 92 valence electrons. The summed E-state index contributed by atoms with van der Waals surface area (Å²) in [6.07, 6.45) is 5.99. The fourth-order valence-corrected chi connectivity index (χ4v) is 3.14. The van der Waals surface area contributed by atoms with Gasteiger partial charge in [-0.15, -0.1) is 0 Å². The highest BCUT2D eigenvalue weighted by atomic mass is 16.3. The largest absolute Gasteiger partial charge is 0.390 e. The Balaban J connectivity index is 1.91. The predicted molar refractivity (Wildman–Crippen MR) is 63.3 cm³/mol. The van der Waals surface area contributed by atoms with Gasteiger partial charge < -0.3 is 5.11 Å². The van der Waals surface area contributed by atoms with Crippen molar-refractivity contribution >= 4 is 5.78 Å². The lowest BCUT2D eigenvalue weighted by molar-refractivity contribution is -0.125. The van der Waals surface area contributed by atoms with Gasteiger partial charge in [-0.05, 0) is 19.3 Å². The predicted octanol–water partition coefficient (Wildman–Crippen LogP) is 1.59. The highest BCUT2D eigenvalue weighted by Crippen LogP contribution is 2.39. The summed E-state index contributed by atoms with van der Waals surface area (Å²) in [5.41, 5.74) is -0.413. The molecule has 0 radical (unpaired) electrons. The molecule has 1 heterocycles. The summed E-state index contributed by atoms with van der Waals surface area (Å²) in [6.45, 7) is 4.31. The molecule has 3 nitrogen and oxygen atoms in total. The zero-order chi connectivity index (χ0) is 11.6. The Morgan fingerprint density at radius 1 is 1.44 bits per heavy atom. The fraction of sp³-hybridized carbons (Fsp3) is 0.923. The average molecular weight is 225 g/mol. The molecule has 0 aromatic rings. The number of nitrogens with zero attached hydrogens (tertiary/aromatic N) is 1. The summed E-state index contributed by atoms with van der Waals surface area (Å²) < 4.78 is 0. The van der Waals surface area contributed by atoms with Gasteiger partial charge in [-0.1, -0.05) is 19.8 Å². The van der Waals surface area contributed by atoms with Gasteiger partial charge in [0.25, 0.3) is 0 Å².